The van der Waals surface area contributed by atoms with E-state index in [2.05, 4.69) is 0 Å². The first-order chi connectivity index (χ1) is 12.1. The fourth-order valence-corrected chi connectivity index (χ4v) is 4.72. The zero-order valence-electron chi connectivity index (χ0n) is 13.1. The van der Waals surface area contributed by atoms with Crippen molar-refractivity contribution in [3.05, 3.63) is 62.6 Å². The van der Waals surface area contributed by atoms with Crippen LogP contribution in [-0.2, 0) is 14.8 Å². The number of benzene rings is 2. The van der Waals surface area contributed by atoms with E-state index >= 15 is 0 Å². The lowest BCUT2D eigenvalue weighted by molar-refractivity contribution is -0.385. The molecular weight excluding hydrogens is 427 g/mol. The number of rotatable bonds is 6. The summed E-state index contributed by atoms with van der Waals surface area (Å²) in [6.45, 7) is 1.25. The van der Waals surface area contributed by atoms with E-state index in [0.717, 1.165) is 18.2 Å². The summed E-state index contributed by atoms with van der Waals surface area (Å²) in [5, 5.41) is 9.91. The van der Waals surface area contributed by atoms with Gasteiger partial charge in [0, 0.05) is 12.1 Å². The molecular formula is C15H11Cl3N2O5S. The van der Waals surface area contributed by atoms with Crippen LogP contribution in [0.25, 0.3) is 0 Å². The predicted molar refractivity (Wildman–Crippen MR) is 99.5 cm³/mol. The average Bonchev–Trinajstić information content (AvgIpc) is 2.57. The largest absolute Gasteiger partial charge is 0.279 e. The molecule has 0 heterocycles. The highest BCUT2D eigenvalue weighted by atomic mass is 35.5. The molecule has 26 heavy (non-hydrogen) atoms. The molecule has 2 aromatic carbocycles. The third-order valence-corrected chi connectivity index (χ3v) is 6.22. The molecule has 0 fully saturated rings. The summed E-state index contributed by atoms with van der Waals surface area (Å²) >= 11 is 17.7. The van der Waals surface area contributed by atoms with Crippen LogP contribution in [0, 0.1) is 10.1 Å². The first kappa shape index (κ1) is 20.4. The number of sulfonamides is 1. The number of carbonyl (C=O) groups excluding carboxylic acids is 1. The zero-order chi connectivity index (χ0) is 19.6. The molecule has 0 saturated carbocycles. The number of anilines is 1. The molecule has 1 unspecified atom stereocenters. The van der Waals surface area contributed by atoms with E-state index in [0.29, 0.717) is 4.31 Å². The van der Waals surface area contributed by atoms with Crippen LogP contribution in [-0.4, -0.2) is 24.6 Å². The fourth-order valence-electron chi connectivity index (χ4n) is 2.18. The first-order valence-electron chi connectivity index (χ1n) is 6.99. The number of para-hydroxylation sites is 1. The van der Waals surface area contributed by atoms with Gasteiger partial charge in [-0.3, -0.25) is 19.2 Å². The number of nitro groups is 1. The Morgan fingerprint density at radius 3 is 2.19 bits per heavy atom. The van der Waals surface area contributed by atoms with E-state index in [1.54, 1.807) is 0 Å². The van der Waals surface area contributed by atoms with Gasteiger partial charge in [-0.1, -0.05) is 35.3 Å². The minimum absolute atomic E-state index is 0.0312. The van der Waals surface area contributed by atoms with Crippen molar-refractivity contribution in [1.29, 1.82) is 0 Å². The van der Waals surface area contributed by atoms with Gasteiger partial charge in [-0.25, -0.2) is 8.42 Å². The molecule has 1 atom stereocenters. The highest BCUT2D eigenvalue weighted by molar-refractivity contribution is 7.93. The second-order valence-corrected chi connectivity index (χ2v) is 8.11. The van der Waals surface area contributed by atoms with E-state index in [1.807, 2.05) is 0 Å². The van der Waals surface area contributed by atoms with Crippen molar-refractivity contribution in [2.75, 3.05) is 4.31 Å². The van der Waals surface area contributed by atoms with Gasteiger partial charge in [0.05, 0.1) is 25.6 Å². The quantitative estimate of drug-likeness (QED) is 0.382. The summed E-state index contributed by atoms with van der Waals surface area (Å²) in [6, 6.07) is 7.31. The average molecular weight is 438 g/mol. The Morgan fingerprint density at radius 2 is 1.69 bits per heavy atom. The summed E-state index contributed by atoms with van der Waals surface area (Å²) in [5.41, 5.74) is -0.579. The molecule has 2 rings (SSSR count). The van der Waals surface area contributed by atoms with Gasteiger partial charge in [0.1, 0.15) is 6.04 Å². The van der Waals surface area contributed by atoms with Crippen LogP contribution in [0.15, 0.2) is 47.4 Å². The van der Waals surface area contributed by atoms with Crippen molar-refractivity contribution >= 4 is 61.4 Å². The van der Waals surface area contributed by atoms with Crippen LogP contribution in [0.5, 0.6) is 0 Å². The lowest BCUT2D eigenvalue weighted by Crippen LogP contribution is -2.42. The Bertz CT molecular complexity index is 961. The van der Waals surface area contributed by atoms with E-state index in [1.165, 1.54) is 31.2 Å². The van der Waals surface area contributed by atoms with Crippen LogP contribution < -0.4 is 4.31 Å². The Hall–Kier alpha value is -1.87. The molecule has 0 aliphatic carbocycles. The smallest absolute Gasteiger partial charge is 0.270 e. The standard InChI is InChI=1S/C15H11Cl3N2O5S/c1-9(15(18)21)19(14-12(16)6-3-7-13(14)17)26(24,25)11-5-2-4-10(8-11)20(22)23/h2-9H,1H3. The van der Waals surface area contributed by atoms with Crippen LogP contribution in [0.1, 0.15) is 6.92 Å². The number of hydrogen-bond acceptors (Lipinski definition) is 5. The normalized spacial score (nSPS) is 12.5. The van der Waals surface area contributed by atoms with Gasteiger partial charge >= 0.3 is 0 Å². The Balaban J connectivity index is 2.75. The summed E-state index contributed by atoms with van der Waals surface area (Å²) in [7, 11) is -4.44. The highest BCUT2D eigenvalue weighted by Crippen LogP contribution is 2.38. The fraction of sp³-hybridized carbons (Fsp3) is 0.133. The summed E-state index contributed by atoms with van der Waals surface area (Å²) < 4.78 is 26.9. The van der Waals surface area contributed by atoms with Gasteiger partial charge < -0.3 is 0 Å². The molecule has 2 aromatic rings. The number of hydrogen-bond donors (Lipinski definition) is 0. The SMILES string of the molecule is CC(C(=O)Cl)N(c1c(Cl)cccc1Cl)S(=O)(=O)c1cccc([N+](=O)[O-])c1. The van der Waals surface area contributed by atoms with Gasteiger partial charge in [-0.2, -0.15) is 0 Å². The van der Waals surface area contributed by atoms with E-state index in [4.69, 9.17) is 34.8 Å². The third-order valence-electron chi connectivity index (χ3n) is 3.42. The second kappa shape index (κ2) is 7.79. The van der Waals surface area contributed by atoms with Crippen molar-refractivity contribution in [2.24, 2.45) is 0 Å². The molecule has 11 heteroatoms. The molecule has 0 N–H and O–H groups in total. The number of carbonyl (C=O) groups is 1. The van der Waals surface area contributed by atoms with Gasteiger partial charge in [0.2, 0.25) is 5.24 Å². The molecule has 138 valence electrons. The number of nitrogens with zero attached hydrogens (tertiary/aromatic N) is 2. The molecule has 0 saturated heterocycles. The monoisotopic (exact) mass is 436 g/mol. The van der Waals surface area contributed by atoms with E-state index in [-0.39, 0.29) is 15.7 Å². The first-order valence-corrected chi connectivity index (χ1v) is 9.57. The lowest BCUT2D eigenvalue weighted by Gasteiger charge is -2.29. The molecule has 0 aliphatic heterocycles. The van der Waals surface area contributed by atoms with Gasteiger partial charge in [0.25, 0.3) is 15.7 Å². The Kier molecular flexibility index (Phi) is 6.13. The lowest BCUT2D eigenvalue weighted by atomic mass is 10.3. The number of halogens is 3. The molecule has 0 bridgehead atoms. The van der Waals surface area contributed by atoms with Gasteiger partial charge in [-0.05, 0) is 36.7 Å². The maximum atomic E-state index is 13.1. The highest BCUT2D eigenvalue weighted by Gasteiger charge is 2.36. The van der Waals surface area contributed by atoms with Gasteiger partial charge in [-0.15, -0.1) is 0 Å². The number of non-ortho nitro benzene ring substituents is 1. The van der Waals surface area contributed by atoms with Crippen LogP contribution in [0.3, 0.4) is 0 Å². The third kappa shape index (κ3) is 3.93. The second-order valence-electron chi connectivity index (χ2n) is 5.11. The van der Waals surface area contributed by atoms with Crippen molar-refractivity contribution in [1.82, 2.24) is 0 Å². The summed E-state index contributed by atoms with van der Waals surface area (Å²) in [6.07, 6.45) is 0. The van der Waals surface area contributed by atoms with E-state index < -0.39 is 36.8 Å². The minimum Gasteiger partial charge on any atom is -0.279 e. The predicted octanol–water partition coefficient (Wildman–Crippen LogP) is 4.25. The molecule has 0 aliphatic rings. The van der Waals surface area contributed by atoms with Crippen molar-refractivity contribution in [3.8, 4) is 0 Å². The Morgan fingerprint density at radius 1 is 1.15 bits per heavy atom. The molecule has 0 radical (unpaired) electrons. The molecule has 0 spiro atoms. The summed E-state index contributed by atoms with van der Waals surface area (Å²) in [4.78, 5) is 21.5. The maximum Gasteiger partial charge on any atom is 0.270 e. The Labute approximate surface area is 164 Å². The number of nitro benzene ring substituents is 1. The maximum absolute atomic E-state index is 13.1. The van der Waals surface area contributed by atoms with Crippen LogP contribution >= 0.6 is 34.8 Å². The molecule has 7 nitrogen and oxygen atoms in total. The van der Waals surface area contributed by atoms with Crippen molar-refractivity contribution in [2.45, 2.75) is 17.9 Å². The van der Waals surface area contributed by atoms with E-state index in [9.17, 15) is 23.3 Å². The molecule has 0 amide bonds. The zero-order valence-corrected chi connectivity index (χ0v) is 16.2. The van der Waals surface area contributed by atoms with Gasteiger partial charge in [0.15, 0.2) is 0 Å². The van der Waals surface area contributed by atoms with Crippen LogP contribution in [0.2, 0.25) is 10.0 Å². The van der Waals surface area contributed by atoms with Crippen LogP contribution in [0.4, 0.5) is 11.4 Å². The minimum atomic E-state index is -4.44. The van der Waals surface area contributed by atoms with Crippen molar-refractivity contribution in [3.63, 3.8) is 0 Å². The molecule has 0 aromatic heterocycles. The van der Waals surface area contributed by atoms with Crippen molar-refractivity contribution < 1.29 is 18.1 Å². The summed E-state index contributed by atoms with van der Waals surface area (Å²) in [5.74, 6) is 0. The topological polar surface area (TPSA) is 97.6 Å².